The molecule has 1 heterocycles. The maximum atomic E-state index is 14.1. The highest BCUT2D eigenvalue weighted by Crippen LogP contribution is 2.34. The van der Waals surface area contributed by atoms with Crippen LogP contribution in [0.15, 0.2) is 67.4 Å². The van der Waals surface area contributed by atoms with Crippen LogP contribution in [0.2, 0.25) is 0 Å². The molecular formula is C22H21F2N5O2. The molecule has 2 aromatic carbocycles. The molecule has 0 saturated carbocycles. The van der Waals surface area contributed by atoms with Crippen LogP contribution in [-0.4, -0.2) is 23.0 Å². The minimum absolute atomic E-state index is 0.0456. The molecular weight excluding hydrogens is 404 g/mol. The topological polar surface area (TPSA) is 88.2 Å². The van der Waals surface area contributed by atoms with Crippen LogP contribution in [0.1, 0.15) is 12.5 Å². The Bertz CT molecular complexity index is 1080. The average Bonchev–Trinajstić information content (AvgIpc) is 2.74. The van der Waals surface area contributed by atoms with E-state index >= 15 is 0 Å². The Morgan fingerprint density at radius 2 is 1.81 bits per heavy atom. The molecule has 0 fully saturated rings. The highest BCUT2D eigenvalue weighted by atomic mass is 19.3. The summed E-state index contributed by atoms with van der Waals surface area (Å²) >= 11 is 0. The van der Waals surface area contributed by atoms with Gasteiger partial charge in [-0.05, 0) is 42.5 Å². The second-order valence-electron chi connectivity index (χ2n) is 6.60. The van der Waals surface area contributed by atoms with Crippen LogP contribution >= 0.6 is 0 Å². The third-order valence-electron chi connectivity index (χ3n) is 4.19. The number of amides is 1. The number of alkyl halides is 2. The van der Waals surface area contributed by atoms with Crippen LogP contribution in [0, 0.1) is 0 Å². The molecule has 0 aliphatic rings. The Morgan fingerprint density at radius 3 is 2.45 bits per heavy atom. The van der Waals surface area contributed by atoms with Crippen LogP contribution in [0.25, 0.3) is 0 Å². The summed E-state index contributed by atoms with van der Waals surface area (Å²) in [5.74, 6) is -2.79. The maximum absolute atomic E-state index is 14.1. The number of nitrogens with one attached hydrogen (secondary N) is 3. The Hall–Kier alpha value is -4.01. The van der Waals surface area contributed by atoms with Crippen molar-refractivity contribution in [3.05, 3.63) is 72.9 Å². The summed E-state index contributed by atoms with van der Waals surface area (Å²) < 4.78 is 33.4. The van der Waals surface area contributed by atoms with E-state index in [0.717, 1.165) is 19.2 Å². The van der Waals surface area contributed by atoms with E-state index in [4.69, 9.17) is 4.74 Å². The SMILES string of the molecule is C=CC(=O)Nc1ccc(Nc2nc(Nc3cccc(OC)c3)ncc2C(C)(F)F)cc1. The molecule has 9 heteroatoms. The number of anilines is 5. The van der Waals surface area contributed by atoms with E-state index in [1.807, 2.05) is 0 Å². The Balaban J connectivity index is 1.87. The molecule has 3 aromatic rings. The van der Waals surface area contributed by atoms with Crippen molar-refractivity contribution in [2.24, 2.45) is 0 Å². The first-order valence-corrected chi connectivity index (χ1v) is 9.25. The minimum Gasteiger partial charge on any atom is -0.497 e. The molecule has 7 nitrogen and oxygen atoms in total. The number of nitrogens with zero attached hydrogens (tertiary/aromatic N) is 2. The Labute approximate surface area is 178 Å². The molecule has 0 saturated heterocycles. The minimum atomic E-state index is -3.16. The van der Waals surface area contributed by atoms with Crippen LogP contribution in [0.4, 0.5) is 37.6 Å². The van der Waals surface area contributed by atoms with E-state index < -0.39 is 5.92 Å². The van der Waals surface area contributed by atoms with E-state index in [9.17, 15) is 13.6 Å². The van der Waals surface area contributed by atoms with Crippen molar-refractivity contribution in [3.8, 4) is 5.75 Å². The molecule has 3 N–H and O–H groups in total. The van der Waals surface area contributed by atoms with Gasteiger partial charge in [0.05, 0.1) is 12.7 Å². The average molecular weight is 425 g/mol. The van der Waals surface area contributed by atoms with Gasteiger partial charge in [-0.3, -0.25) is 4.79 Å². The highest BCUT2D eigenvalue weighted by Gasteiger charge is 2.29. The van der Waals surface area contributed by atoms with Crippen LogP contribution in [0.3, 0.4) is 0 Å². The second kappa shape index (κ2) is 9.21. The summed E-state index contributed by atoms with van der Waals surface area (Å²) in [4.78, 5) is 19.6. The Morgan fingerprint density at radius 1 is 1.10 bits per heavy atom. The number of hydrogen-bond acceptors (Lipinski definition) is 6. The zero-order valence-corrected chi connectivity index (χ0v) is 16.9. The zero-order valence-electron chi connectivity index (χ0n) is 16.9. The van der Waals surface area contributed by atoms with E-state index in [2.05, 4.69) is 32.5 Å². The summed E-state index contributed by atoms with van der Waals surface area (Å²) in [7, 11) is 1.55. The number of methoxy groups -OCH3 is 1. The van der Waals surface area contributed by atoms with Gasteiger partial charge in [-0.25, -0.2) is 13.8 Å². The molecule has 0 aliphatic carbocycles. The fraction of sp³-hybridized carbons (Fsp3) is 0.136. The second-order valence-corrected chi connectivity index (χ2v) is 6.60. The molecule has 160 valence electrons. The molecule has 1 aromatic heterocycles. The van der Waals surface area contributed by atoms with Crippen molar-refractivity contribution in [2.75, 3.05) is 23.1 Å². The Kier molecular flexibility index (Phi) is 6.44. The van der Waals surface area contributed by atoms with Gasteiger partial charge in [0.2, 0.25) is 11.9 Å². The fourth-order valence-corrected chi connectivity index (χ4v) is 2.66. The summed E-state index contributed by atoms with van der Waals surface area (Å²) in [6.45, 7) is 4.17. The van der Waals surface area contributed by atoms with Crippen molar-refractivity contribution in [1.29, 1.82) is 0 Å². The lowest BCUT2D eigenvalue weighted by Gasteiger charge is -2.17. The predicted octanol–water partition coefficient (Wildman–Crippen LogP) is 5.21. The van der Waals surface area contributed by atoms with Crippen LogP contribution in [-0.2, 0) is 10.7 Å². The van der Waals surface area contributed by atoms with Gasteiger partial charge in [0.25, 0.3) is 5.92 Å². The lowest BCUT2D eigenvalue weighted by molar-refractivity contribution is -0.111. The quantitative estimate of drug-likeness (QED) is 0.430. The standard InChI is InChI=1S/C22H21F2N5O2/c1-4-19(30)26-14-8-10-15(11-9-14)27-20-18(22(2,23)24)13-25-21(29-20)28-16-6-5-7-17(12-16)31-3/h4-13H,1H2,2-3H3,(H,26,30)(H2,25,27,28,29). The lowest BCUT2D eigenvalue weighted by Crippen LogP contribution is -2.14. The number of hydrogen-bond donors (Lipinski definition) is 3. The van der Waals surface area contributed by atoms with Gasteiger partial charge in [0, 0.05) is 36.2 Å². The maximum Gasteiger partial charge on any atom is 0.275 e. The van der Waals surface area contributed by atoms with E-state index in [0.29, 0.717) is 22.8 Å². The number of rotatable bonds is 8. The first-order valence-electron chi connectivity index (χ1n) is 9.25. The van der Waals surface area contributed by atoms with E-state index in [1.165, 1.54) is 0 Å². The van der Waals surface area contributed by atoms with Crippen LogP contribution in [0.5, 0.6) is 5.75 Å². The lowest BCUT2D eigenvalue weighted by atomic mass is 10.2. The van der Waals surface area contributed by atoms with Gasteiger partial charge in [0.1, 0.15) is 11.6 Å². The van der Waals surface area contributed by atoms with Gasteiger partial charge in [-0.2, -0.15) is 4.98 Å². The van der Waals surface area contributed by atoms with E-state index in [1.54, 1.807) is 55.6 Å². The molecule has 0 radical (unpaired) electrons. The number of aromatic nitrogens is 2. The monoisotopic (exact) mass is 425 g/mol. The number of benzene rings is 2. The third-order valence-corrected chi connectivity index (χ3v) is 4.19. The molecule has 0 unspecified atom stereocenters. The van der Waals surface area contributed by atoms with Gasteiger partial charge < -0.3 is 20.7 Å². The smallest absolute Gasteiger partial charge is 0.275 e. The first kappa shape index (κ1) is 21.7. The molecule has 0 bridgehead atoms. The normalized spacial score (nSPS) is 10.8. The van der Waals surface area contributed by atoms with Crippen molar-refractivity contribution in [2.45, 2.75) is 12.8 Å². The number of halogens is 2. The van der Waals surface area contributed by atoms with Gasteiger partial charge >= 0.3 is 0 Å². The molecule has 1 amide bonds. The van der Waals surface area contributed by atoms with Gasteiger partial charge in [-0.15, -0.1) is 0 Å². The summed E-state index contributed by atoms with van der Waals surface area (Å²) in [5.41, 5.74) is 1.34. The largest absolute Gasteiger partial charge is 0.497 e. The predicted molar refractivity (Wildman–Crippen MR) is 116 cm³/mol. The summed E-state index contributed by atoms with van der Waals surface area (Å²) in [6, 6.07) is 13.6. The molecule has 0 atom stereocenters. The molecule has 31 heavy (non-hydrogen) atoms. The van der Waals surface area contributed by atoms with Gasteiger partial charge in [0.15, 0.2) is 0 Å². The van der Waals surface area contributed by atoms with Crippen molar-refractivity contribution in [3.63, 3.8) is 0 Å². The number of ether oxygens (including phenoxy) is 1. The molecule has 3 rings (SSSR count). The zero-order chi connectivity index (χ0) is 22.4. The van der Waals surface area contributed by atoms with Crippen LogP contribution < -0.4 is 20.7 Å². The summed E-state index contributed by atoms with van der Waals surface area (Å²) in [5, 5.41) is 8.48. The highest BCUT2D eigenvalue weighted by molar-refractivity contribution is 5.98. The first-order chi connectivity index (χ1) is 14.8. The van der Waals surface area contributed by atoms with Crippen molar-refractivity contribution in [1.82, 2.24) is 9.97 Å². The summed E-state index contributed by atoms with van der Waals surface area (Å²) in [6.07, 6.45) is 2.23. The van der Waals surface area contributed by atoms with Crippen molar-refractivity contribution < 1.29 is 18.3 Å². The van der Waals surface area contributed by atoms with Gasteiger partial charge in [-0.1, -0.05) is 12.6 Å². The number of carbonyl (C=O) groups is 1. The van der Waals surface area contributed by atoms with E-state index in [-0.39, 0.29) is 23.2 Å². The van der Waals surface area contributed by atoms with Crippen molar-refractivity contribution >= 4 is 34.7 Å². The molecule has 0 aliphatic heterocycles. The number of carbonyl (C=O) groups excluding carboxylic acids is 1. The fourth-order valence-electron chi connectivity index (χ4n) is 2.66. The third kappa shape index (κ3) is 5.75. The molecule has 0 spiro atoms.